The molecule has 122 valence electrons. The normalized spacial score (nSPS) is 12.4. The molecule has 8 nitrogen and oxygen atoms in total. The van der Waals surface area contributed by atoms with Crippen molar-refractivity contribution in [3.8, 4) is 0 Å². The molecule has 0 aliphatic rings. The highest BCUT2D eigenvalue weighted by Gasteiger charge is 2.19. The van der Waals surface area contributed by atoms with Gasteiger partial charge >= 0.3 is 5.97 Å². The molecule has 2 rings (SSSR count). The summed E-state index contributed by atoms with van der Waals surface area (Å²) in [5.74, 6) is -1.20. The number of esters is 1. The van der Waals surface area contributed by atoms with Crippen molar-refractivity contribution < 1.29 is 22.7 Å². The van der Waals surface area contributed by atoms with Crippen molar-refractivity contribution in [3.63, 3.8) is 0 Å². The van der Waals surface area contributed by atoms with Crippen LogP contribution in [0.5, 0.6) is 0 Å². The third-order valence-corrected chi connectivity index (χ3v) is 3.85. The van der Waals surface area contributed by atoms with Gasteiger partial charge in [0.25, 0.3) is 5.91 Å². The Morgan fingerprint density at radius 2 is 1.87 bits per heavy atom. The Kier molecular flexibility index (Phi) is 4.82. The number of H-pyrrole nitrogens is 1. The summed E-state index contributed by atoms with van der Waals surface area (Å²) in [6, 6.07) is 8.46. The molecular formula is C14H15N3O5S. The number of hydrogen-bond donors (Lipinski definition) is 3. The first-order valence-electron chi connectivity index (χ1n) is 6.55. The molecule has 4 N–H and O–H groups in total. The standard InChI is InChI=1S/C14H15N3O5S/c1-9(22-14(19)12-3-2-8-16-12)13(18)17-10-4-6-11(7-5-10)23(15,20)21/h2-9,16H,1H3,(H,17,18)(H2,15,20,21)/t9-/m0/s1. The number of sulfonamides is 1. The van der Waals surface area contributed by atoms with Gasteiger partial charge in [-0.2, -0.15) is 0 Å². The van der Waals surface area contributed by atoms with Crippen molar-refractivity contribution in [2.45, 2.75) is 17.9 Å². The number of hydrogen-bond acceptors (Lipinski definition) is 5. The summed E-state index contributed by atoms with van der Waals surface area (Å²) in [5.41, 5.74) is 0.590. The maximum atomic E-state index is 12.0. The van der Waals surface area contributed by atoms with Gasteiger partial charge in [-0.25, -0.2) is 18.4 Å². The van der Waals surface area contributed by atoms with Gasteiger partial charge in [-0.05, 0) is 43.3 Å². The summed E-state index contributed by atoms with van der Waals surface area (Å²) >= 11 is 0. The Morgan fingerprint density at radius 3 is 2.39 bits per heavy atom. The predicted molar refractivity (Wildman–Crippen MR) is 82.1 cm³/mol. The number of benzene rings is 1. The molecule has 0 bridgehead atoms. The number of ether oxygens (including phenoxy) is 1. The van der Waals surface area contributed by atoms with E-state index < -0.39 is 28.0 Å². The number of aromatic nitrogens is 1. The van der Waals surface area contributed by atoms with Gasteiger partial charge in [0.05, 0.1) is 4.90 Å². The minimum Gasteiger partial charge on any atom is -0.448 e. The fourth-order valence-corrected chi connectivity index (χ4v) is 2.22. The van der Waals surface area contributed by atoms with Gasteiger partial charge in [0.15, 0.2) is 6.10 Å². The number of anilines is 1. The van der Waals surface area contributed by atoms with Crippen LogP contribution in [0.3, 0.4) is 0 Å². The molecule has 0 unspecified atom stereocenters. The Labute approximate surface area is 132 Å². The summed E-state index contributed by atoms with van der Waals surface area (Å²) in [6.07, 6.45) is 0.540. The van der Waals surface area contributed by atoms with Crippen molar-refractivity contribution in [2.75, 3.05) is 5.32 Å². The van der Waals surface area contributed by atoms with Crippen LogP contribution in [-0.4, -0.2) is 31.4 Å². The van der Waals surface area contributed by atoms with E-state index in [0.717, 1.165) is 0 Å². The number of carbonyl (C=O) groups is 2. The molecular weight excluding hydrogens is 322 g/mol. The lowest BCUT2D eigenvalue weighted by Gasteiger charge is -2.13. The van der Waals surface area contributed by atoms with Gasteiger partial charge in [0.2, 0.25) is 10.0 Å². The molecule has 2 aromatic rings. The molecule has 0 aliphatic heterocycles. The van der Waals surface area contributed by atoms with Gasteiger partial charge in [0, 0.05) is 11.9 Å². The zero-order valence-electron chi connectivity index (χ0n) is 12.1. The highest BCUT2D eigenvalue weighted by atomic mass is 32.2. The second-order valence-electron chi connectivity index (χ2n) is 4.69. The van der Waals surface area contributed by atoms with Gasteiger partial charge < -0.3 is 15.0 Å². The van der Waals surface area contributed by atoms with Crippen molar-refractivity contribution in [3.05, 3.63) is 48.3 Å². The number of amides is 1. The summed E-state index contributed by atoms with van der Waals surface area (Å²) < 4.78 is 27.3. The zero-order chi connectivity index (χ0) is 17.0. The maximum Gasteiger partial charge on any atom is 0.355 e. The molecule has 0 spiro atoms. The van der Waals surface area contributed by atoms with E-state index in [-0.39, 0.29) is 10.6 Å². The van der Waals surface area contributed by atoms with Crippen molar-refractivity contribution in [1.82, 2.24) is 4.98 Å². The van der Waals surface area contributed by atoms with Crippen molar-refractivity contribution >= 4 is 27.6 Å². The van der Waals surface area contributed by atoms with Crippen LogP contribution in [-0.2, 0) is 19.6 Å². The van der Waals surface area contributed by atoms with E-state index in [2.05, 4.69) is 10.3 Å². The number of primary sulfonamides is 1. The van der Waals surface area contributed by atoms with E-state index in [1.165, 1.54) is 37.3 Å². The first kappa shape index (κ1) is 16.7. The summed E-state index contributed by atoms with van der Waals surface area (Å²) in [6.45, 7) is 1.43. The van der Waals surface area contributed by atoms with Gasteiger partial charge in [-0.3, -0.25) is 4.79 Å². The Balaban J connectivity index is 1.97. The Morgan fingerprint density at radius 1 is 1.22 bits per heavy atom. The van der Waals surface area contributed by atoms with Gasteiger partial charge in [-0.1, -0.05) is 0 Å². The lowest BCUT2D eigenvalue weighted by Crippen LogP contribution is -2.30. The van der Waals surface area contributed by atoms with Crippen LogP contribution in [0.2, 0.25) is 0 Å². The molecule has 0 radical (unpaired) electrons. The first-order valence-corrected chi connectivity index (χ1v) is 8.10. The number of aromatic amines is 1. The van der Waals surface area contributed by atoms with Crippen LogP contribution >= 0.6 is 0 Å². The molecule has 1 amide bonds. The third-order valence-electron chi connectivity index (χ3n) is 2.92. The molecule has 0 aliphatic carbocycles. The van der Waals surface area contributed by atoms with Crippen LogP contribution in [0.25, 0.3) is 0 Å². The maximum absolute atomic E-state index is 12.0. The zero-order valence-corrected chi connectivity index (χ0v) is 13.0. The van der Waals surface area contributed by atoms with Crippen molar-refractivity contribution in [1.29, 1.82) is 0 Å². The molecule has 1 aromatic heterocycles. The minimum absolute atomic E-state index is 0.0679. The van der Waals surface area contributed by atoms with Crippen LogP contribution in [0.1, 0.15) is 17.4 Å². The van der Waals surface area contributed by atoms with E-state index in [0.29, 0.717) is 5.69 Å². The second kappa shape index (κ2) is 6.63. The largest absolute Gasteiger partial charge is 0.448 e. The smallest absolute Gasteiger partial charge is 0.355 e. The lowest BCUT2D eigenvalue weighted by molar-refractivity contribution is -0.123. The first-order chi connectivity index (χ1) is 10.8. The number of carbonyl (C=O) groups excluding carboxylic acids is 2. The van der Waals surface area contributed by atoms with Crippen LogP contribution < -0.4 is 10.5 Å². The average molecular weight is 337 g/mol. The number of nitrogens with one attached hydrogen (secondary N) is 2. The monoisotopic (exact) mass is 337 g/mol. The molecule has 1 atom stereocenters. The third kappa shape index (κ3) is 4.41. The SMILES string of the molecule is C[C@H](OC(=O)c1ccc[nH]1)C(=O)Nc1ccc(S(N)(=O)=O)cc1. The van der Waals surface area contributed by atoms with E-state index in [1.807, 2.05) is 0 Å². The quantitative estimate of drug-likeness (QED) is 0.696. The molecule has 0 saturated heterocycles. The highest BCUT2D eigenvalue weighted by Crippen LogP contribution is 2.13. The van der Waals surface area contributed by atoms with Gasteiger partial charge in [0.1, 0.15) is 5.69 Å². The Hall–Kier alpha value is -2.65. The Bertz CT molecular complexity index is 797. The van der Waals surface area contributed by atoms with E-state index in [4.69, 9.17) is 9.88 Å². The fraction of sp³-hybridized carbons (Fsp3) is 0.143. The predicted octanol–water partition coefficient (Wildman–Crippen LogP) is 0.846. The lowest BCUT2D eigenvalue weighted by atomic mass is 10.3. The van der Waals surface area contributed by atoms with Crippen LogP contribution in [0, 0.1) is 0 Å². The molecule has 1 aromatic carbocycles. The summed E-state index contributed by atoms with van der Waals surface area (Å²) in [4.78, 5) is 26.3. The van der Waals surface area contributed by atoms with Crippen molar-refractivity contribution in [2.24, 2.45) is 5.14 Å². The summed E-state index contributed by atoms with van der Waals surface area (Å²) in [7, 11) is -3.79. The number of rotatable bonds is 5. The molecule has 9 heteroatoms. The summed E-state index contributed by atoms with van der Waals surface area (Å²) in [5, 5.41) is 7.49. The van der Waals surface area contributed by atoms with E-state index in [9.17, 15) is 18.0 Å². The van der Waals surface area contributed by atoms with Gasteiger partial charge in [-0.15, -0.1) is 0 Å². The van der Waals surface area contributed by atoms with E-state index >= 15 is 0 Å². The number of nitrogens with two attached hydrogens (primary N) is 1. The van der Waals surface area contributed by atoms with Crippen LogP contribution in [0.4, 0.5) is 5.69 Å². The van der Waals surface area contributed by atoms with E-state index in [1.54, 1.807) is 12.3 Å². The molecule has 0 fully saturated rings. The highest BCUT2D eigenvalue weighted by molar-refractivity contribution is 7.89. The topological polar surface area (TPSA) is 131 Å². The minimum atomic E-state index is -3.79. The fourth-order valence-electron chi connectivity index (χ4n) is 1.71. The second-order valence-corrected chi connectivity index (χ2v) is 6.25. The average Bonchev–Trinajstić information content (AvgIpc) is 3.01. The molecule has 23 heavy (non-hydrogen) atoms. The molecule has 0 saturated carbocycles. The molecule has 1 heterocycles. The van der Waals surface area contributed by atoms with Crippen LogP contribution in [0.15, 0.2) is 47.5 Å².